The number of rotatable bonds is 2. The molecule has 20 heavy (non-hydrogen) atoms. The van der Waals surface area contributed by atoms with Crippen LogP contribution in [0.15, 0.2) is 29.4 Å². The molecule has 0 spiro atoms. The molecule has 3 rings (SSSR count). The Hall–Kier alpha value is -1.88. The molecule has 0 fully saturated rings. The molecule has 1 aromatic carbocycles. The van der Waals surface area contributed by atoms with Gasteiger partial charge < -0.3 is 9.47 Å². The van der Waals surface area contributed by atoms with Gasteiger partial charge in [-0.3, -0.25) is 5.01 Å². The molecule has 2 heterocycles. The van der Waals surface area contributed by atoms with Gasteiger partial charge in [-0.15, -0.1) is 0 Å². The number of benzene rings is 1. The maximum absolute atomic E-state index is 11.9. The van der Waals surface area contributed by atoms with Crippen molar-refractivity contribution in [1.29, 1.82) is 0 Å². The highest BCUT2D eigenvalue weighted by atomic mass is 16.5. The van der Waals surface area contributed by atoms with E-state index in [0.29, 0.717) is 32.0 Å². The first-order valence-corrected chi connectivity index (χ1v) is 6.84. The summed E-state index contributed by atoms with van der Waals surface area (Å²) in [7, 11) is 0. The molecule has 2 aliphatic rings. The molecule has 0 amide bonds. The zero-order valence-electron chi connectivity index (χ0n) is 11.8. The van der Waals surface area contributed by atoms with Gasteiger partial charge in [0.1, 0.15) is 5.71 Å². The number of fused-ring (bicyclic) bond motifs is 3. The number of hydrazone groups is 1. The minimum Gasteiger partial charge on any atom is -0.461 e. The van der Waals surface area contributed by atoms with Crippen molar-refractivity contribution in [1.82, 2.24) is 0 Å². The molecular formula is C15H18N2O3. The Kier molecular flexibility index (Phi) is 3.22. The highest BCUT2D eigenvalue weighted by Crippen LogP contribution is 2.38. The number of anilines is 1. The smallest absolute Gasteiger partial charge is 0.354 e. The maximum Gasteiger partial charge on any atom is 0.354 e. The Morgan fingerprint density at radius 2 is 2.30 bits per heavy atom. The lowest BCUT2D eigenvalue weighted by atomic mass is 9.96. The molecule has 5 heteroatoms. The van der Waals surface area contributed by atoms with Gasteiger partial charge in [-0.25, -0.2) is 4.79 Å². The Balaban J connectivity index is 1.99. The van der Waals surface area contributed by atoms with Gasteiger partial charge in [-0.1, -0.05) is 18.2 Å². The molecule has 1 atom stereocenters. The summed E-state index contributed by atoms with van der Waals surface area (Å²) in [6.07, 6.45) is 0.542. The van der Waals surface area contributed by atoms with Crippen molar-refractivity contribution in [3.63, 3.8) is 0 Å². The minimum absolute atomic E-state index is 0.325. The summed E-state index contributed by atoms with van der Waals surface area (Å²) >= 11 is 0. The second kappa shape index (κ2) is 4.90. The van der Waals surface area contributed by atoms with Gasteiger partial charge >= 0.3 is 5.97 Å². The summed E-state index contributed by atoms with van der Waals surface area (Å²) in [5.74, 6) is -0.334. The fraction of sp³-hybridized carbons (Fsp3) is 0.467. The van der Waals surface area contributed by atoms with Gasteiger partial charge in [-0.05, 0) is 19.9 Å². The van der Waals surface area contributed by atoms with E-state index < -0.39 is 0 Å². The molecule has 106 valence electrons. The molecule has 0 aromatic heterocycles. The Labute approximate surface area is 118 Å². The van der Waals surface area contributed by atoms with Gasteiger partial charge in [0.05, 0.1) is 31.0 Å². The monoisotopic (exact) mass is 274 g/mol. The molecule has 0 aliphatic carbocycles. The van der Waals surface area contributed by atoms with Crippen LogP contribution in [0.3, 0.4) is 0 Å². The van der Waals surface area contributed by atoms with Crippen LogP contribution in [-0.4, -0.2) is 30.4 Å². The lowest BCUT2D eigenvalue weighted by molar-refractivity contribution is -0.135. The maximum atomic E-state index is 11.9. The van der Waals surface area contributed by atoms with E-state index in [2.05, 4.69) is 12.0 Å². The fourth-order valence-corrected chi connectivity index (χ4v) is 2.72. The summed E-state index contributed by atoms with van der Waals surface area (Å²) in [6.45, 7) is 5.33. The summed E-state index contributed by atoms with van der Waals surface area (Å²) in [5, 5.41) is 6.42. The van der Waals surface area contributed by atoms with Crippen LogP contribution < -0.4 is 5.01 Å². The van der Waals surface area contributed by atoms with Crippen molar-refractivity contribution in [2.75, 3.05) is 18.2 Å². The predicted octanol–water partition coefficient (Wildman–Crippen LogP) is 2.10. The zero-order valence-corrected chi connectivity index (χ0v) is 11.8. The molecule has 0 bridgehead atoms. The summed E-state index contributed by atoms with van der Waals surface area (Å²) in [6, 6.07) is 8.00. The van der Waals surface area contributed by atoms with Gasteiger partial charge in [0.15, 0.2) is 0 Å². The van der Waals surface area contributed by atoms with Gasteiger partial charge in [0, 0.05) is 12.0 Å². The highest BCUT2D eigenvalue weighted by molar-refractivity contribution is 6.37. The van der Waals surface area contributed by atoms with E-state index in [4.69, 9.17) is 9.47 Å². The molecule has 0 radical (unpaired) electrons. The molecular weight excluding hydrogens is 256 g/mol. The molecule has 5 nitrogen and oxygen atoms in total. The molecule has 0 saturated carbocycles. The second-order valence-corrected chi connectivity index (χ2v) is 5.37. The van der Waals surface area contributed by atoms with E-state index in [1.165, 1.54) is 0 Å². The number of nitrogens with zero attached hydrogens (tertiary/aromatic N) is 2. The van der Waals surface area contributed by atoms with Crippen molar-refractivity contribution in [2.45, 2.75) is 32.4 Å². The molecule has 2 aliphatic heterocycles. The van der Waals surface area contributed by atoms with E-state index >= 15 is 0 Å². The van der Waals surface area contributed by atoms with Crippen LogP contribution in [0, 0.1) is 0 Å². The average Bonchev–Trinajstić information content (AvgIpc) is 2.71. The number of carbonyl (C=O) groups is 1. The molecule has 1 unspecified atom stereocenters. The topological polar surface area (TPSA) is 51.1 Å². The first-order valence-electron chi connectivity index (χ1n) is 6.84. The first-order chi connectivity index (χ1) is 9.64. The number of ether oxygens (including phenoxy) is 2. The quantitative estimate of drug-likeness (QED) is 0.775. The van der Waals surface area contributed by atoms with Crippen LogP contribution in [0.2, 0.25) is 0 Å². The van der Waals surface area contributed by atoms with Crippen molar-refractivity contribution in [2.24, 2.45) is 5.10 Å². The SMILES string of the molecule is CCOC(=O)C1=NN2c3ccccc3COCC2(C)C1. The van der Waals surface area contributed by atoms with E-state index in [1.807, 2.05) is 29.3 Å². The largest absolute Gasteiger partial charge is 0.461 e. The number of para-hydroxylation sites is 1. The number of hydrogen-bond acceptors (Lipinski definition) is 5. The Morgan fingerprint density at radius 1 is 1.50 bits per heavy atom. The average molecular weight is 274 g/mol. The Morgan fingerprint density at radius 3 is 3.10 bits per heavy atom. The van der Waals surface area contributed by atoms with Crippen molar-refractivity contribution in [3.05, 3.63) is 29.8 Å². The van der Waals surface area contributed by atoms with E-state index in [0.717, 1.165) is 11.3 Å². The van der Waals surface area contributed by atoms with Gasteiger partial charge in [0.2, 0.25) is 0 Å². The van der Waals surface area contributed by atoms with Crippen molar-refractivity contribution in [3.8, 4) is 0 Å². The summed E-state index contributed by atoms with van der Waals surface area (Å²) in [5.41, 5.74) is 2.24. The van der Waals surface area contributed by atoms with Crippen LogP contribution >= 0.6 is 0 Å². The zero-order chi connectivity index (χ0) is 14.2. The predicted molar refractivity (Wildman–Crippen MR) is 75.7 cm³/mol. The van der Waals surface area contributed by atoms with Crippen LogP contribution in [0.5, 0.6) is 0 Å². The number of esters is 1. The molecule has 0 N–H and O–H groups in total. The third kappa shape index (κ3) is 2.08. The lowest BCUT2D eigenvalue weighted by Gasteiger charge is -2.32. The third-order valence-electron chi connectivity index (χ3n) is 3.68. The number of hydrogen-bond donors (Lipinski definition) is 0. The van der Waals surface area contributed by atoms with Crippen molar-refractivity contribution < 1.29 is 14.3 Å². The van der Waals surface area contributed by atoms with Crippen molar-refractivity contribution >= 4 is 17.4 Å². The minimum atomic E-state index is -0.334. The standard InChI is InChI=1S/C15H18N2O3/c1-3-20-14(18)12-8-15(2)10-19-9-11-6-4-5-7-13(11)17(15)16-12/h4-7H,3,8-10H2,1-2H3. The lowest BCUT2D eigenvalue weighted by Crippen LogP contribution is -2.43. The van der Waals surface area contributed by atoms with Gasteiger partial charge in [-0.2, -0.15) is 5.10 Å². The normalized spacial score (nSPS) is 24.5. The fourth-order valence-electron chi connectivity index (χ4n) is 2.72. The van der Waals surface area contributed by atoms with Crippen LogP contribution in [0.4, 0.5) is 5.69 Å². The summed E-state index contributed by atoms with van der Waals surface area (Å²) < 4.78 is 10.8. The third-order valence-corrected chi connectivity index (χ3v) is 3.68. The molecule has 0 saturated heterocycles. The first kappa shape index (κ1) is 13.1. The summed E-state index contributed by atoms with van der Waals surface area (Å²) in [4.78, 5) is 11.9. The van der Waals surface area contributed by atoms with Crippen LogP contribution in [-0.2, 0) is 20.9 Å². The van der Waals surface area contributed by atoms with E-state index in [1.54, 1.807) is 6.92 Å². The van der Waals surface area contributed by atoms with E-state index in [-0.39, 0.29) is 11.5 Å². The van der Waals surface area contributed by atoms with E-state index in [9.17, 15) is 4.79 Å². The van der Waals surface area contributed by atoms with Gasteiger partial charge in [0.25, 0.3) is 0 Å². The number of carbonyl (C=O) groups excluding carboxylic acids is 1. The second-order valence-electron chi connectivity index (χ2n) is 5.37. The highest BCUT2D eigenvalue weighted by Gasteiger charge is 2.44. The van der Waals surface area contributed by atoms with Crippen LogP contribution in [0.1, 0.15) is 25.8 Å². The van der Waals surface area contributed by atoms with Crippen LogP contribution in [0.25, 0.3) is 0 Å². The molecule has 1 aromatic rings. The Bertz CT molecular complexity index is 570.